The van der Waals surface area contributed by atoms with Crippen molar-refractivity contribution < 1.29 is 14.3 Å². The zero-order valence-electron chi connectivity index (χ0n) is 27.2. The van der Waals surface area contributed by atoms with Gasteiger partial charge < -0.3 is 15.0 Å². The number of nitrogens with zero attached hydrogens (tertiary/aromatic N) is 8. The van der Waals surface area contributed by atoms with Gasteiger partial charge >= 0.3 is 5.97 Å². The fraction of sp³-hybridized carbons (Fsp3) is 0.455. The Labute approximate surface area is 268 Å². The maximum Gasteiger partial charge on any atom is 0.302 e. The standard InChI is InChI=1S/C33H41N9O4/c1-21-15-28-32(45)41(13-12-40(28)10-8-33(3,4)18-21)30-25(20-46-22(2)43)24(7-9-34-30)26-17-27(31(44)39(6)36-26)35-29-16-23-19-38(5)11-14-42(23)37-29/h7,9,15-17H,1,8,10-14,18-20H2,2-6H3,(H,35,37)/b28-15-. The van der Waals surface area contributed by atoms with Crippen molar-refractivity contribution in [3.05, 3.63) is 69.9 Å². The molecule has 46 heavy (non-hydrogen) atoms. The first-order chi connectivity index (χ1) is 21.9. The van der Waals surface area contributed by atoms with Crippen molar-refractivity contribution in [2.45, 2.75) is 53.3 Å². The number of hydrogen-bond acceptors (Lipinski definition) is 10. The summed E-state index contributed by atoms with van der Waals surface area (Å²) in [6.45, 7) is 14.1. The summed E-state index contributed by atoms with van der Waals surface area (Å²) in [6, 6.07) is 5.35. The van der Waals surface area contributed by atoms with Gasteiger partial charge in [-0.2, -0.15) is 10.2 Å². The zero-order chi connectivity index (χ0) is 32.7. The molecule has 242 valence electrons. The molecule has 1 amide bonds. The number of hydrogen-bond donors (Lipinski definition) is 1. The minimum atomic E-state index is -0.469. The van der Waals surface area contributed by atoms with Crippen LogP contribution >= 0.6 is 0 Å². The maximum absolute atomic E-state index is 14.1. The number of likely N-dealkylation sites (N-methyl/N-ethyl adjacent to an activating group) is 1. The Morgan fingerprint density at radius 3 is 2.67 bits per heavy atom. The molecule has 1 fully saturated rings. The Balaban J connectivity index is 1.38. The van der Waals surface area contributed by atoms with Gasteiger partial charge in [0.05, 0.1) is 17.9 Å². The number of amides is 1. The van der Waals surface area contributed by atoms with E-state index < -0.39 is 5.97 Å². The number of esters is 1. The number of nitrogens with one attached hydrogen (secondary N) is 1. The van der Waals surface area contributed by atoms with E-state index in [4.69, 9.17) is 4.74 Å². The lowest BCUT2D eigenvalue weighted by Crippen LogP contribution is -2.50. The number of allylic oxidation sites excluding steroid dienone is 2. The molecule has 0 saturated carbocycles. The number of fused-ring (bicyclic) bond motifs is 2. The molecule has 1 N–H and O–H groups in total. The highest BCUT2D eigenvalue weighted by Crippen LogP contribution is 2.36. The molecule has 13 nitrogen and oxygen atoms in total. The monoisotopic (exact) mass is 627 g/mol. The van der Waals surface area contributed by atoms with E-state index in [2.05, 4.69) is 57.8 Å². The second-order valence-corrected chi connectivity index (χ2v) is 13.1. The molecule has 0 aromatic carbocycles. The predicted molar refractivity (Wildman–Crippen MR) is 174 cm³/mol. The summed E-state index contributed by atoms with van der Waals surface area (Å²) >= 11 is 0. The molecular weight excluding hydrogens is 586 g/mol. The number of ether oxygens (including phenoxy) is 1. The molecule has 0 radical (unpaired) electrons. The van der Waals surface area contributed by atoms with Crippen LogP contribution in [0, 0.1) is 5.41 Å². The first-order valence-corrected chi connectivity index (χ1v) is 15.6. The fourth-order valence-corrected chi connectivity index (χ4v) is 6.38. The lowest BCUT2D eigenvalue weighted by atomic mass is 9.81. The van der Waals surface area contributed by atoms with Crippen LogP contribution in [-0.2, 0) is 41.1 Å². The first kappa shape index (κ1) is 31.2. The third-order valence-electron chi connectivity index (χ3n) is 8.80. The second-order valence-electron chi connectivity index (χ2n) is 13.1. The van der Waals surface area contributed by atoms with Crippen LogP contribution in [0.5, 0.6) is 0 Å². The van der Waals surface area contributed by atoms with Gasteiger partial charge in [0.15, 0.2) is 5.82 Å². The van der Waals surface area contributed by atoms with E-state index in [-0.39, 0.29) is 23.5 Å². The molecule has 0 atom stereocenters. The maximum atomic E-state index is 14.1. The van der Waals surface area contributed by atoms with Gasteiger partial charge in [0.2, 0.25) is 0 Å². The Kier molecular flexibility index (Phi) is 8.28. The Hall–Kier alpha value is -4.78. The molecule has 6 heterocycles. The van der Waals surface area contributed by atoms with Gasteiger partial charge in [0.1, 0.15) is 23.8 Å². The number of carbonyl (C=O) groups excluding carboxylic acids is 2. The molecular formula is C33H41N9O4. The van der Waals surface area contributed by atoms with E-state index in [1.807, 2.05) is 16.8 Å². The number of piperazine rings is 1. The lowest BCUT2D eigenvalue weighted by molar-refractivity contribution is -0.142. The summed E-state index contributed by atoms with van der Waals surface area (Å²) in [6.07, 6.45) is 5.24. The summed E-state index contributed by atoms with van der Waals surface area (Å²) in [5.41, 5.74) is 4.16. The minimum Gasteiger partial charge on any atom is -0.461 e. The van der Waals surface area contributed by atoms with Crippen LogP contribution in [0.4, 0.5) is 17.3 Å². The molecule has 13 heteroatoms. The number of anilines is 3. The molecule has 3 aromatic rings. The number of carbonyl (C=O) groups is 2. The molecule has 0 spiro atoms. The molecule has 0 aliphatic carbocycles. The number of aryl methyl sites for hydroxylation is 1. The van der Waals surface area contributed by atoms with Crippen LogP contribution in [-0.4, -0.2) is 79.4 Å². The van der Waals surface area contributed by atoms with E-state index in [0.29, 0.717) is 52.9 Å². The first-order valence-electron chi connectivity index (χ1n) is 15.6. The van der Waals surface area contributed by atoms with Crippen LogP contribution in [0.1, 0.15) is 44.9 Å². The van der Waals surface area contributed by atoms with Crippen molar-refractivity contribution in [3.8, 4) is 11.3 Å². The average molecular weight is 628 g/mol. The third kappa shape index (κ3) is 6.32. The van der Waals surface area contributed by atoms with Crippen LogP contribution in [0.25, 0.3) is 11.3 Å². The van der Waals surface area contributed by atoms with Crippen LogP contribution in [0.2, 0.25) is 0 Å². The summed E-state index contributed by atoms with van der Waals surface area (Å²) < 4.78 is 8.69. The topological polar surface area (TPSA) is 131 Å². The highest BCUT2D eigenvalue weighted by Gasteiger charge is 2.35. The molecule has 3 aromatic heterocycles. The second kappa shape index (κ2) is 12.2. The van der Waals surface area contributed by atoms with Gasteiger partial charge in [-0.25, -0.2) is 9.67 Å². The largest absolute Gasteiger partial charge is 0.461 e. The van der Waals surface area contributed by atoms with Gasteiger partial charge in [-0.1, -0.05) is 26.0 Å². The van der Waals surface area contributed by atoms with E-state index in [9.17, 15) is 14.4 Å². The Morgan fingerprint density at radius 1 is 1.09 bits per heavy atom. The Bertz CT molecular complexity index is 1800. The average Bonchev–Trinajstić information content (AvgIpc) is 3.39. The number of aromatic nitrogens is 5. The summed E-state index contributed by atoms with van der Waals surface area (Å²) in [4.78, 5) is 49.9. The van der Waals surface area contributed by atoms with Crippen LogP contribution < -0.4 is 15.8 Å². The van der Waals surface area contributed by atoms with Gasteiger partial charge in [-0.15, -0.1) is 0 Å². The summed E-state index contributed by atoms with van der Waals surface area (Å²) in [5.74, 6) is 0.291. The van der Waals surface area contributed by atoms with Crippen molar-refractivity contribution >= 4 is 29.2 Å². The Morgan fingerprint density at radius 2 is 1.89 bits per heavy atom. The van der Waals surface area contributed by atoms with Gasteiger partial charge in [0.25, 0.3) is 11.5 Å². The normalized spacial score (nSPS) is 19.5. The van der Waals surface area contributed by atoms with Gasteiger partial charge in [0, 0.05) is 70.1 Å². The van der Waals surface area contributed by atoms with Crippen molar-refractivity contribution in [3.63, 3.8) is 0 Å². The molecule has 0 unspecified atom stereocenters. The van der Waals surface area contributed by atoms with Crippen molar-refractivity contribution in [2.24, 2.45) is 12.5 Å². The smallest absolute Gasteiger partial charge is 0.302 e. The quantitative estimate of drug-likeness (QED) is 0.407. The van der Waals surface area contributed by atoms with E-state index in [1.54, 1.807) is 30.3 Å². The molecule has 6 rings (SSSR count). The minimum absolute atomic E-state index is 0.0940. The van der Waals surface area contributed by atoms with E-state index in [0.717, 1.165) is 50.3 Å². The number of rotatable bonds is 6. The van der Waals surface area contributed by atoms with Crippen molar-refractivity contribution in [2.75, 3.05) is 43.4 Å². The molecule has 1 saturated heterocycles. The van der Waals surface area contributed by atoms with E-state index in [1.165, 1.54) is 11.6 Å². The zero-order valence-corrected chi connectivity index (χ0v) is 27.2. The van der Waals surface area contributed by atoms with Crippen molar-refractivity contribution in [1.29, 1.82) is 0 Å². The van der Waals surface area contributed by atoms with E-state index >= 15 is 0 Å². The molecule has 0 bridgehead atoms. The summed E-state index contributed by atoms with van der Waals surface area (Å²) in [7, 11) is 3.64. The third-order valence-corrected chi connectivity index (χ3v) is 8.80. The van der Waals surface area contributed by atoms with Gasteiger partial charge in [-0.05, 0) is 43.5 Å². The predicted octanol–water partition coefficient (Wildman–Crippen LogP) is 3.20. The van der Waals surface area contributed by atoms with Crippen LogP contribution in [0.15, 0.2) is 53.1 Å². The summed E-state index contributed by atoms with van der Waals surface area (Å²) in [5, 5.41) is 12.4. The van der Waals surface area contributed by atoms with Crippen molar-refractivity contribution in [1.82, 2.24) is 34.3 Å². The highest BCUT2D eigenvalue weighted by atomic mass is 16.5. The lowest BCUT2D eigenvalue weighted by Gasteiger charge is -2.41. The molecule has 3 aliphatic heterocycles. The van der Waals surface area contributed by atoms with Crippen LogP contribution in [0.3, 0.4) is 0 Å². The highest BCUT2D eigenvalue weighted by molar-refractivity contribution is 6.06. The molecule has 3 aliphatic rings. The van der Waals surface area contributed by atoms with Gasteiger partial charge in [-0.3, -0.25) is 28.9 Å². The SMILES string of the molecule is C=C1/C=C2/C(=O)N(c3nccc(-c4cc(Nc5cc6n(n5)CCN(C)C6)c(=O)n(C)n4)c3COC(C)=O)CCN2CCC(C)(C)C1. The fourth-order valence-electron chi connectivity index (χ4n) is 6.38. The number of pyridine rings is 1.